The molecule has 2 heterocycles. The predicted molar refractivity (Wildman–Crippen MR) is 113 cm³/mol. The lowest BCUT2D eigenvalue weighted by atomic mass is 9.67. The van der Waals surface area contributed by atoms with Crippen molar-refractivity contribution in [1.29, 1.82) is 0 Å². The fraction of sp³-hybridized carbons (Fsp3) is 0.520. The molecule has 3 heteroatoms. The van der Waals surface area contributed by atoms with Crippen LogP contribution in [0.15, 0.2) is 35.3 Å². The van der Waals surface area contributed by atoms with E-state index < -0.39 is 0 Å². The highest BCUT2D eigenvalue weighted by molar-refractivity contribution is 5.94. The number of fused-ring (bicyclic) bond motifs is 3. The number of pyridine rings is 1. The summed E-state index contributed by atoms with van der Waals surface area (Å²) < 4.78 is 2.28. The highest BCUT2D eigenvalue weighted by atomic mass is 16.1. The zero-order chi connectivity index (χ0) is 19.2. The van der Waals surface area contributed by atoms with Crippen LogP contribution in [0.1, 0.15) is 81.5 Å². The molecule has 2 fully saturated rings. The van der Waals surface area contributed by atoms with Crippen LogP contribution in [0.25, 0.3) is 16.4 Å². The summed E-state index contributed by atoms with van der Waals surface area (Å²) in [5.74, 6) is 2.57. The van der Waals surface area contributed by atoms with Crippen molar-refractivity contribution in [2.24, 2.45) is 11.8 Å². The van der Waals surface area contributed by atoms with Gasteiger partial charge in [-0.25, -0.2) is 0 Å². The summed E-state index contributed by atoms with van der Waals surface area (Å²) in [6, 6.07) is 8.86. The number of rotatable bonds is 0. The highest BCUT2D eigenvalue weighted by Gasteiger charge is 2.44. The molecule has 28 heavy (non-hydrogen) atoms. The number of benzene rings is 1. The molecule has 2 saturated carbocycles. The van der Waals surface area contributed by atoms with Gasteiger partial charge in [-0.15, -0.1) is 0 Å². The summed E-state index contributed by atoms with van der Waals surface area (Å²) in [4.78, 5) is 17.9. The van der Waals surface area contributed by atoms with Crippen molar-refractivity contribution in [3.05, 3.63) is 57.6 Å². The minimum Gasteiger partial charge on any atom is -0.304 e. The van der Waals surface area contributed by atoms with E-state index in [4.69, 9.17) is 0 Å². The van der Waals surface area contributed by atoms with Gasteiger partial charge in [0.05, 0.1) is 0 Å². The van der Waals surface area contributed by atoms with Crippen LogP contribution in [0.5, 0.6) is 0 Å². The summed E-state index contributed by atoms with van der Waals surface area (Å²) >= 11 is 0. The van der Waals surface area contributed by atoms with Crippen molar-refractivity contribution in [2.75, 3.05) is 0 Å². The second kappa shape index (κ2) is 5.46. The Bertz CT molecular complexity index is 1170. The quantitative estimate of drug-likeness (QED) is 0.486. The van der Waals surface area contributed by atoms with Crippen LogP contribution in [0.2, 0.25) is 0 Å². The molecule has 0 N–H and O–H groups in total. The lowest BCUT2D eigenvalue weighted by Gasteiger charge is -2.38. The lowest BCUT2D eigenvalue weighted by Crippen LogP contribution is -2.26. The molecule has 144 valence electrons. The third kappa shape index (κ3) is 2.28. The molecule has 0 radical (unpaired) electrons. The Morgan fingerprint density at radius 1 is 0.964 bits per heavy atom. The maximum Gasteiger partial charge on any atom is 0.276 e. The smallest absolute Gasteiger partial charge is 0.276 e. The largest absolute Gasteiger partial charge is 0.304 e. The number of nitrogens with zero attached hydrogens (tertiary/aromatic N) is 2. The first-order chi connectivity index (χ1) is 13.4. The van der Waals surface area contributed by atoms with E-state index in [9.17, 15) is 4.79 Å². The molecule has 0 aliphatic heterocycles. The molecule has 4 bridgehead atoms. The Morgan fingerprint density at radius 3 is 2.39 bits per heavy atom. The van der Waals surface area contributed by atoms with E-state index in [1.54, 1.807) is 0 Å². The molecule has 7 rings (SSSR count). The average molecular weight is 373 g/mol. The maximum atomic E-state index is 13.2. The van der Waals surface area contributed by atoms with E-state index in [0.29, 0.717) is 11.8 Å². The Labute approximate surface area is 165 Å². The van der Waals surface area contributed by atoms with E-state index in [1.165, 1.54) is 48.7 Å². The summed E-state index contributed by atoms with van der Waals surface area (Å²) in [5.41, 5.74) is 4.67. The molecular formula is C25H28N2O. The normalized spacial score (nSPS) is 28.7. The summed E-state index contributed by atoms with van der Waals surface area (Å²) in [7, 11) is 0. The second-order valence-electron chi connectivity index (χ2n) is 10.6. The van der Waals surface area contributed by atoms with Gasteiger partial charge in [0.15, 0.2) is 0 Å². The predicted octanol–water partition coefficient (Wildman–Crippen LogP) is 5.54. The van der Waals surface area contributed by atoms with Crippen LogP contribution in [0.3, 0.4) is 0 Å². The van der Waals surface area contributed by atoms with Crippen molar-refractivity contribution in [2.45, 2.75) is 70.1 Å². The van der Waals surface area contributed by atoms with E-state index in [1.807, 2.05) is 0 Å². The van der Waals surface area contributed by atoms with Gasteiger partial charge in [0.25, 0.3) is 5.56 Å². The minimum absolute atomic E-state index is 0.0422. The van der Waals surface area contributed by atoms with Crippen LogP contribution in [0, 0.1) is 11.8 Å². The van der Waals surface area contributed by atoms with Gasteiger partial charge in [0.2, 0.25) is 0 Å². The summed E-state index contributed by atoms with van der Waals surface area (Å²) in [5, 5.41) is 2.28. The van der Waals surface area contributed by atoms with Crippen molar-refractivity contribution in [3.8, 4) is 0 Å². The van der Waals surface area contributed by atoms with Crippen molar-refractivity contribution in [3.63, 3.8) is 0 Å². The molecule has 0 amide bonds. The molecule has 2 atom stereocenters. The number of aromatic nitrogens is 2. The van der Waals surface area contributed by atoms with E-state index in [2.05, 4.69) is 60.6 Å². The summed E-state index contributed by atoms with van der Waals surface area (Å²) in [6.07, 6.45) is 8.47. The lowest BCUT2D eigenvalue weighted by molar-refractivity contribution is 0.164. The molecule has 4 aliphatic carbocycles. The monoisotopic (exact) mass is 372 g/mol. The van der Waals surface area contributed by atoms with Gasteiger partial charge in [-0.2, -0.15) is 4.98 Å². The zero-order valence-electron chi connectivity index (χ0n) is 17.0. The van der Waals surface area contributed by atoms with Crippen LogP contribution in [-0.4, -0.2) is 9.38 Å². The van der Waals surface area contributed by atoms with Crippen molar-refractivity contribution >= 4 is 16.4 Å². The average Bonchev–Trinajstić information content (AvgIpc) is 2.82. The van der Waals surface area contributed by atoms with Gasteiger partial charge in [-0.05, 0) is 72.3 Å². The van der Waals surface area contributed by atoms with Crippen LogP contribution in [0.4, 0.5) is 0 Å². The SMILES string of the molecule is CC(C)(C)c1ccc2c(ccn3c4c(c(=O)nc23)C2CC3CC(C2)CC4C3)c1. The van der Waals surface area contributed by atoms with E-state index in [0.717, 1.165) is 28.4 Å². The molecule has 0 spiro atoms. The third-order valence-corrected chi connectivity index (χ3v) is 7.70. The number of hydrogen-bond donors (Lipinski definition) is 0. The molecule has 1 aromatic carbocycles. The van der Waals surface area contributed by atoms with Crippen LogP contribution < -0.4 is 5.56 Å². The first kappa shape index (κ1) is 16.8. The Balaban J connectivity index is 1.66. The van der Waals surface area contributed by atoms with Crippen molar-refractivity contribution < 1.29 is 0 Å². The molecule has 2 aromatic heterocycles. The van der Waals surface area contributed by atoms with Gasteiger partial charge in [-0.3, -0.25) is 4.79 Å². The standard InChI is InChI=1S/C25H28N2O/c1-25(2,3)19-4-5-20-16(13-19)6-7-27-22-18-11-14-8-15(12-18)10-17(9-14)21(22)24(28)26-23(20)27/h4-7,13-15,17-18H,8-12H2,1-3H3. The van der Waals surface area contributed by atoms with E-state index >= 15 is 0 Å². The van der Waals surface area contributed by atoms with Gasteiger partial charge < -0.3 is 4.40 Å². The van der Waals surface area contributed by atoms with Crippen LogP contribution >= 0.6 is 0 Å². The Kier molecular flexibility index (Phi) is 3.27. The maximum absolute atomic E-state index is 13.2. The molecule has 4 aliphatic rings. The zero-order valence-corrected chi connectivity index (χ0v) is 17.0. The minimum atomic E-state index is 0.0422. The Hall–Kier alpha value is -2.16. The third-order valence-electron chi connectivity index (χ3n) is 7.70. The van der Waals surface area contributed by atoms with Crippen molar-refractivity contribution in [1.82, 2.24) is 9.38 Å². The van der Waals surface area contributed by atoms with Gasteiger partial charge in [0.1, 0.15) is 5.65 Å². The summed E-state index contributed by atoms with van der Waals surface area (Å²) in [6.45, 7) is 6.72. The van der Waals surface area contributed by atoms with Gasteiger partial charge in [-0.1, -0.05) is 39.0 Å². The molecule has 3 nitrogen and oxygen atoms in total. The van der Waals surface area contributed by atoms with Crippen LogP contribution in [-0.2, 0) is 5.41 Å². The van der Waals surface area contributed by atoms with Gasteiger partial charge >= 0.3 is 0 Å². The fourth-order valence-electron chi connectivity index (χ4n) is 6.54. The first-order valence-corrected chi connectivity index (χ1v) is 10.9. The highest BCUT2D eigenvalue weighted by Crippen LogP contribution is 2.55. The Morgan fingerprint density at radius 2 is 1.68 bits per heavy atom. The topological polar surface area (TPSA) is 34.4 Å². The second-order valence-corrected chi connectivity index (χ2v) is 10.6. The van der Waals surface area contributed by atoms with Gasteiger partial charge in [0, 0.05) is 28.8 Å². The van der Waals surface area contributed by atoms with E-state index in [-0.39, 0.29) is 11.0 Å². The number of hydrogen-bond acceptors (Lipinski definition) is 2. The molecule has 2 unspecified atom stereocenters. The molecular weight excluding hydrogens is 344 g/mol. The molecule has 3 aromatic rings. The first-order valence-electron chi connectivity index (χ1n) is 10.9. The molecule has 0 saturated heterocycles. The fourth-order valence-corrected chi connectivity index (χ4v) is 6.54.